The van der Waals surface area contributed by atoms with Gasteiger partial charge in [-0.25, -0.2) is 0 Å². The average Bonchev–Trinajstić information content (AvgIpc) is 2.37. The van der Waals surface area contributed by atoms with Gasteiger partial charge in [0.1, 0.15) is 0 Å². The van der Waals surface area contributed by atoms with Crippen LogP contribution in [0.15, 0.2) is 36.4 Å². The highest BCUT2D eigenvalue weighted by atomic mass is 35.5. The monoisotopic (exact) mass is 294 g/mol. The number of carbonyl (C=O) groups is 1. The lowest BCUT2D eigenvalue weighted by atomic mass is 10.1. The molecule has 1 amide bonds. The van der Waals surface area contributed by atoms with Crippen molar-refractivity contribution in [1.82, 2.24) is 0 Å². The van der Waals surface area contributed by atoms with Crippen LogP contribution < -0.4 is 11.1 Å². The zero-order valence-electron chi connectivity index (χ0n) is 10.2. The number of anilines is 2. The Hall–Kier alpha value is -1.71. The summed E-state index contributed by atoms with van der Waals surface area (Å²) in [4.78, 5) is 12.2. The Labute approximate surface area is 121 Å². The lowest BCUT2D eigenvalue weighted by molar-refractivity contribution is 0.102. The number of rotatable bonds is 2. The number of carbonyl (C=O) groups excluding carboxylic acids is 1. The summed E-state index contributed by atoms with van der Waals surface area (Å²) in [6.07, 6.45) is 0. The topological polar surface area (TPSA) is 55.1 Å². The normalized spacial score (nSPS) is 10.3. The van der Waals surface area contributed by atoms with Crippen molar-refractivity contribution in [1.29, 1.82) is 0 Å². The molecule has 5 heteroatoms. The first kappa shape index (κ1) is 13.7. The summed E-state index contributed by atoms with van der Waals surface area (Å²) in [5.74, 6) is -0.317. The molecule has 0 spiro atoms. The second kappa shape index (κ2) is 5.51. The van der Waals surface area contributed by atoms with Gasteiger partial charge in [-0.05, 0) is 36.8 Å². The van der Waals surface area contributed by atoms with Gasteiger partial charge in [-0.1, -0.05) is 35.3 Å². The molecule has 0 aromatic heterocycles. The molecule has 0 aliphatic heterocycles. The minimum atomic E-state index is -0.317. The van der Waals surface area contributed by atoms with Crippen molar-refractivity contribution in [2.45, 2.75) is 6.92 Å². The van der Waals surface area contributed by atoms with Crippen LogP contribution >= 0.6 is 23.2 Å². The number of amides is 1. The van der Waals surface area contributed by atoms with Gasteiger partial charge in [0.15, 0.2) is 0 Å². The maximum Gasteiger partial charge on any atom is 0.257 e. The number of nitrogens with two attached hydrogens (primary N) is 1. The first-order chi connectivity index (χ1) is 8.99. The van der Waals surface area contributed by atoms with E-state index >= 15 is 0 Å². The van der Waals surface area contributed by atoms with Gasteiger partial charge >= 0.3 is 0 Å². The maximum atomic E-state index is 12.2. The zero-order valence-corrected chi connectivity index (χ0v) is 11.7. The first-order valence-corrected chi connectivity index (χ1v) is 6.36. The van der Waals surface area contributed by atoms with Crippen LogP contribution in [0.5, 0.6) is 0 Å². The summed E-state index contributed by atoms with van der Waals surface area (Å²) in [5.41, 5.74) is 7.94. The Morgan fingerprint density at radius 3 is 2.68 bits per heavy atom. The minimum absolute atomic E-state index is 0.317. The second-order valence-corrected chi connectivity index (χ2v) is 4.94. The summed E-state index contributed by atoms with van der Waals surface area (Å²) in [7, 11) is 0. The molecule has 2 aromatic carbocycles. The van der Waals surface area contributed by atoms with E-state index in [1.807, 2.05) is 13.0 Å². The molecule has 0 aliphatic rings. The van der Waals surface area contributed by atoms with Gasteiger partial charge in [-0.3, -0.25) is 4.79 Å². The molecule has 3 N–H and O–H groups in total. The van der Waals surface area contributed by atoms with E-state index in [1.54, 1.807) is 30.3 Å². The molecule has 2 aromatic rings. The number of halogens is 2. The molecule has 0 fully saturated rings. The van der Waals surface area contributed by atoms with Crippen molar-refractivity contribution in [3.05, 3.63) is 57.6 Å². The number of nitrogens with one attached hydrogen (secondary N) is 1. The molecule has 0 aliphatic carbocycles. The van der Waals surface area contributed by atoms with E-state index in [-0.39, 0.29) is 5.91 Å². The molecule has 98 valence electrons. The quantitative estimate of drug-likeness (QED) is 0.818. The Kier molecular flexibility index (Phi) is 3.98. The van der Waals surface area contributed by atoms with Gasteiger partial charge in [-0.2, -0.15) is 0 Å². The van der Waals surface area contributed by atoms with Crippen molar-refractivity contribution in [2.75, 3.05) is 11.1 Å². The highest BCUT2D eigenvalue weighted by Gasteiger charge is 2.13. The molecular formula is C14H12Cl2N2O. The zero-order chi connectivity index (χ0) is 14.0. The summed E-state index contributed by atoms with van der Waals surface area (Å²) in [5, 5.41) is 3.63. The van der Waals surface area contributed by atoms with Gasteiger partial charge < -0.3 is 11.1 Å². The van der Waals surface area contributed by atoms with E-state index in [9.17, 15) is 4.79 Å². The van der Waals surface area contributed by atoms with Crippen LogP contribution in [0.25, 0.3) is 0 Å². The largest absolute Gasteiger partial charge is 0.397 e. The van der Waals surface area contributed by atoms with Gasteiger partial charge in [0.25, 0.3) is 5.91 Å². The van der Waals surface area contributed by atoms with E-state index in [2.05, 4.69) is 5.32 Å². The van der Waals surface area contributed by atoms with Crippen molar-refractivity contribution in [2.24, 2.45) is 0 Å². The molecule has 2 rings (SSSR count). The van der Waals surface area contributed by atoms with Crippen molar-refractivity contribution < 1.29 is 4.79 Å². The van der Waals surface area contributed by atoms with E-state index in [0.29, 0.717) is 27.0 Å². The third kappa shape index (κ3) is 3.00. The Morgan fingerprint density at radius 1 is 1.21 bits per heavy atom. The van der Waals surface area contributed by atoms with Crippen LogP contribution in [0.4, 0.5) is 11.4 Å². The fourth-order valence-electron chi connectivity index (χ4n) is 1.65. The first-order valence-electron chi connectivity index (χ1n) is 5.60. The van der Waals surface area contributed by atoms with E-state index in [0.717, 1.165) is 5.56 Å². The lowest BCUT2D eigenvalue weighted by Gasteiger charge is -2.10. The van der Waals surface area contributed by atoms with Gasteiger partial charge in [0.2, 0.25) is 0 Å². The molecule has 0 saturated carbocycles. The highest BCUT2D eigenvalue weighted by molar-refractivity contribution is 6.35. The van der Waals surface area contributed by atoms with Crippen LogP contribution in [-0.4, -0.2) is 5.91 Å². The van der Waals surface area contributed by atoms with Crippen molar-refractivity contribution >= 4 is 40.5 Å². The molecule has 3 nitrogen and oxygen atoms in total. The Bertz CT molecular complexity index is 641. The van der Waals surface area contributed by atoms with Crippen LogP contribution in [0, 0.1) is 6.92 Å². The van der Waals surface area contributed by atoms with Gasteiger partial charge in [-0.15, -0.1) is 0 Å². The molecule has 0 radical (unpaired) electrons. The molecule has 0 saturated heterocycles. The van der Waals surface area contributed by atoms with Crippen molar-refractivity contribution in [3.63, 3.8) is 0 Å². The predicted molar refractivity (Wildman–Crippen MR) is 80.0 cm³/mol. The van der Waals surface area contributed by atoms with Gasteiger partial charge in [0, 0.05) is 5.02 Å². The number of benzene rings is 2. The molecule has 0 bridgehead atoms. The SMILES string of the molecule is Cc1cccc(C(=O)Nc2cc(Cl)ccc2N)c1Cl. The number of hydrogen-bond donors (Lipinski definition) is 2. The Balaban J connectivity index is 2.31. The highest BCUT2D eigenvalue weighted by Crippen LogP contribution is 2.25. The lowest BCUT2D eigenvalue weighted by Crippen LogP contribution is -2.14. The van der Waals surface area contributed by atoms with Crippen LogP contribution in [0.1, 0.15) is 15.9 Å². The minimum Gasteiger partial charge on any atom is -0.397 e. The molecule has 0 heterocycles. The van der Waals surface area contributed by atoms with Crippen LogP contribution in [-0.2, 0) is 0 Å². The molecule has 0 atom stereocenters. The second-order valence-electron chi connectivity index (χ2n) is 4.12. The van der Waals surface area contributed by atoms with E-state index in [1.165, 1.54) is 0 Å². The maximum absolute atomic E-state index is 12.2. The average molecular weight is 295 g/mol. The standard InChI is InChI=1S/C14H12Cl2N2O/c1-8-3-2-4-10(13(8)16)14(19)18-12-7-9(15)5-6-11(12)17/h2-7H,17H2,1H3,(H,18,19). The number of aryl methyl sites for hydroxylation is 1. The third-order valence-electron chi connectivity index (χ3n) is 2.70. The molecular weight excluding hydrogens is 283 g/mol. The van der Waals surface area contributed by atoms with E-state index in [4.69, 9.17) is 28.9 Å². The number of hydrogen-bond acceptors (Lipinski definition) is 2. The smallest absolute Gasteiger partial charge is 0.257 e. The fraction of sp³-hybridized carbons (Fsp3) is 0.0714. The third-order valence-corrected chi connectivity index (χ3v) is 3.44. The number of nitrogen functional groups attached to an aromatic ring is 1. The fourth-order valence-corrected chi connectivity index (χ4v) is 2.03. The Morgan fingerprint density at radius 2 is 1.95 bits per heavy atom. The summed E-state index contributed by atoms with van der Waals surface area (Å²) in [6, 6.07) is 10.2. The summed E-state index contributed by atoms with van der Waals surface area (Å²) < 4.78 is 0. The summed E-state index contributed by atoms with van der Waals surface area (Å²) in [6.45, 7) is 1.84. The molecule has 19 heavy (non-hydrogen) atoms. The van der Waals surface area contributed by atoms with Crippen LogP contribution in [0.2, 0.25) is 10.0 Å². The molecule has 0 unspecified atom stereocenters. The van der Waals surface area contributed by atoms with Crippen molar-refractivity contribution in [3.8, 4) is 0 Å². The van der Waals surface area contributed by atoms with Crippen LogP contribution in [0.3, 0.4) is 0 Å². The summed E-state index contributed by atoms with van der Waals surface area (Å²) >= 11 is 12.0. The van der Waals surface area contributed by atoms with Gasteiger partial charge in [0.05, 0.1) is 22.0 Å². The predicted octanol–water partition coefficient (Wildman–Crippen LogP) is 4.14. The van der Waals surface area contributed by atoms with E-state index < -0.39 is 0 Å².